The number of hydrogen-bond donors (Lipinski definition) is 2. The topological polar surface area (TPSA) is 41.6 Å². The number of likely N-dealkylation sites (N-methyl/N-ethyl adjacent to an activating group) is 1. The molecule has 1 amide bonds. The van der Waals surface area contributed by atoms with Gasteiger partial charge in [0.15, 0.2) is 0 Å². The van der Waals surface area contributed by atoms with Gasteiger partial charge in [0.05, 0.1) is 0 Å². The van der Waals surface area contributed by atoms with Crippen LogP contribution in [0.1, 0.15) is 13.3 Å². The summed E-state index contributed by atoms with van der Waals surface area (Å²) < 4.78 is 4.94. The third kappa shape index (κ3) is 8.19. The van der Waals surface area contributed by atoms with Crippen molar-refractivity contribution in [1.29, 1.82) is 0 Å². The van der Waals surface area contributed by atoms with Gasteiger partial charge in [-0.05, 0) is 25.8 Å². The fourth-order valence-corrected chi connectivity index (χ4v) is 0.931. The average Bonchev–Trinajstić information content (AvgIpc) is 2.18. The van der Waals surface area contributed by atoms with E-state index in [-0.39, 0.29) is 6.09 Å². The van der Waals surface area contributed by atoms with E-state index in [0.29, 0.717) is 13.2 Å². The molecule has 0 aliphatic heterocycles. The maximum absolute atomic E-state index is 11.0. The molecule has 0 aromatic heterocycles. The van der Waals surface area contributed by atoms with Gasteiger partial charge in [0, 0.05) is 13.1 Å². The van der Waals surface area contributed by atoms with Crippen LogP contribution >= 0.6 is 12.6 Å². The molecular formula is C9H20N2O2S. The van der Waals surface area contributed by atoms with Crippen molar-refractivity contribution in [2.75, 3.05) is 39.0 Å². The molecule has 0 bridgehead atoms. The maximum Gasteiger partial charge on any atom is 0.407 e. The molecule has 84 valence electrons. The van der Waals surface area contributed by atoms with E-state index in [0.717, 1.165) is 25.3 Å². The number of rotatable bonds is 7. The highest BCUT2D eigenvalue weighted by atomic mass is 32.1. The molecule has 0 aromatic rings. The maximum atomic E-state index is 11.0. The molecule has 0 radical (unpaired) electrons. The van der Waals surface area contributed by atoms with E-state index in [1.807, 2.05) is 7.05 Å². The quantitative estimate of drug-likeness (QED) is 0.496. The van der Waals surface area contributed by atoms with Gasteiger partial charge in [-0.2, -0.15) is 12.6 Å². The largest absolute Gasteiger partial charge is 0.448 e. The lowest BCUT2D eigenvalue weighted by Crippen LogP contribution is -2.29. The van der Waals surface area contributed by atoms with Gasteiger partial charge in [-0.25, -0.2) is 4.79 Å². The van der Waals surface area contributed by atoms with Gasteiger partial charge in [0.2, 0.25) is 0 Å². The molecule has 0 rings (SSSR count). The van der Waals surface area contributed by atoms with Gasteiger partial charge in [-0.1, -0.05) is 6.92 Å². The number of nitrogens with zero attached hydrogens (tertiary/aromatic N) is 1. The van der Waals surface area contributed by atoms with E-state index in [1.165, 1.54) is 0 Å². The van der Waals surface area contributed by atoms with Gasteiger partial charge in [0.25, 0.3) is 0 Å². The van der Waals surface area contributed by atoms with Crippen molar-refractivity contribution in [1.82, 2.24) is 10.2 Å². The minimum Gasteiger partial charge on any atom is -0.448 e. The Morgan fingerprint density at radius 1 is 1.57 bits per heavy atom. The fourth-order valence-electron chi connectivity index (χ4n) is 0.773. The molecule has 0 fully saturated rings. The highest BCUT2D eigenvalue weighted by molar-refractivity contribution is 7.80. The molecule has 4 nitrogen and oxygen atoms in total. The van der Waals surface area contributed by atoms with Crippen LogP contribution in [0.2, 0.25) is 0 Å². The first-order chi connectivity index (χ1) is 6.70. The molecule has 0 aliphatic rings. The van der Waals surface area contributed by atoms with Crippen molar-refractivity contribution in [3.63, 3.8) is 0 Å². The van der Waals surface area contributed by atoms with Crippen molar-refractivity contribution in [3.05, 3.63) is 0 Å². The molecule has 0 saturated heterocycles. The van der Waals surface area contributed by atoms with Crippen molar-refractivity contribution in [2.45, 2.75) is 13.3 Å². The normalized spacial score (nSPS) is 10.3. The lowest BCUT2D eigenvalue weighted by Gasteiger charge is -2.13. The lowest BCUT2D eigenvalue weighted by atomic mass is 10.5. The highest BCUT2D eigenvalue weighted by Gasteiger charge is 2.00. The number of carbonyl (C=O) groups excluding carboxylic acids is 1. The second-order valence-electron chi connectivity index (χ2n) is 3.04. The second-order valence-corrected chi connectivity index (χ2v) is 3.48. The Morgan fingerprint density at radius 2 is 2.29 bits per heavy atom. The molecule has 0 unspecified atom stereocenters. The molecule has 14 heavy (non-hydrogen) atoms. The summed E-state index contributed by atoms with van der Waals surface area (Å²) in [6.45, 7) is 4.87. The molecule has 0 spiro atoms. The van der Waals surface area contributed by atoms with Crippen molar-refractivity contribution >= 4 is 18.7 Å². The predicted molar refractivity (Wildman–Crippen MR) is 61.0 cm³/mol. The zero-order chi connectivity index (χ0) is 10.8. The first-order valence-electron chi connectivity index (χ1n) is 4.90. The minimum atomic E-state index is -0.337. The Hall–Kier alpha value is -0.420. The smallest absolute Gasteiger partial charge is 0.407 e. The SMILES string of the molecule is CCN(C)CCOC(=O)NCCCS. The Bertz CT molecular complexity index is 156. The summed E-state index contributed by atoms with van der Waals surface area (Å²) in [6.07, 6.45) is 0.531. The van der Waals surface area contributed by atoms with Gasteiger partial charge in [-0.15, -0.1) is 0 Å². The van der Waals surface area contributed by atoms with Crippen LogP contribution in [0.15, 0.2) is 0 Å². The van der Waals surface area contributed by atoms with E-state index in [2.05, 4.69) is 29.8 Å². The summed E-state index contributed by atoms with van der Waals surface area (Å²) in [5.74, 6) is 0.777. The van der Waals surface area contributed by atoms with E-state index in [1.54, 1.807) is 0 Å². The molecule has 0 aliphatic carbocycles. The van der Waals surface area contributed by atoms with Crippen LogP contribution in [-0.4, -0.2) is 50.0 Å². The Labute approximate surface area is 91.4 Å². The molecule has 0 saturated carbocycles. The van der Waals surface area contributed by atoms with Gasteiger partial charge in [0.1, 0.15) is 6.61 Å². The molecule has 0 aromatic carbocycles. The van der Waals surface area contributed by atoms with E-state index in [4.69, 9.17) is 4.74 Å². The number of nitrogens with one attached hydrogen (secondary N) is 1. The number of ether oxygens (including phenoxy) is 1. The minimum absolute atomic E-state index is 0.337. The summed E-state index contributed by atoms with van der Waals surface area (Å²) >= 11 is 4.03. The zero-order valence-corrected chi connectivity index (χ0v) is 9.85. The summed E-state index contributed by atoms with van der Waals surface area (Å²) in [5, 5.41) is 2.65. The summed E-state index contributed by atoms with van der Waals surface area (Å²) in [4.78, 5) is 13.1. The first kappa shape index (κ1) is 13.6. The van der Waals surface area contributed by atoms with Gasteiger partial charge in [-0.3, -0.25) is 0 Å². The van der Waals surface area contributed by atoms with Crippen LogP contribution < -0.4 is 5.32 Å². The van der Waals surface area contributed by atoms with Crippen LogP contribution in [-0.2, 0) is 4.74 Å². The number of alkyl carbamates (subject to hydrolysis) is 1. The van der Waals surface area contributed by atoms with Crippen LogP contribution in [0.5, 0.6) is 0 Å². The predicted octanol–water partition coefficient (Wildman–Crippen LogP) is 0.984. The van der Waals surface area contributed by atoms with E-state index >= 15 is 0 Å². The summed E-state index contributed by atoms with van der Waals surface area (Å²) in [7, 11) is 1.99. The molecule has 0 heterocycles. The van der Waals surface area contributed by atoms with Gasteiger partial charge >= 0.3 is 6.09 Å². The number of thiol groups is 1. The Morgan fingerprint density at radius 3 is 2.86 bits per heavy atom. The van der Waals surface area contributed by atoms with E-state index < -0.39 is 0 Å². The molecule has 5 heteroatoms. The average molecular weight is 220 g/mol. The third-order valence-electron chi connectivity index (χ3n) is 1.85. The Kier molecular flexibility index (Phi) is 8.87. The summed E-state index contributed by atoms with van der Waals surface area (Å²) in [6, 6.07) is 0. The molecule has 0 atom stereocenters. The number of hydrogen-bond acceptors (Lipinski definition) is 4. The second kappa shape index (κ2) is 9.15. The fraction of sp³-hybridized carbons (Fsp3) is 0.889. The standard InChI is InChI=1S/C9H20N2O2S/c1-3-11(2)6-7-13-9(12)10-5-4-8-14/h14H,3-8H2,1-2H3,(H,10,12). The van der Waals surface area contributed by atoms with Crippen molar-refractivity contribution in [3.8, 4) is 0 Å². The zero-order valence-electron chi connectivity index (χ0n) is 8.95. The molecular weight excluding hydrogens is 200 g/mol. The van der Waals surface area contributed by atoms with Gasteiger partial charge < -0.3 is 15.0 Å². The highest BCUT2D eigenvalue weighted by Crippen LogP contribution is 1.85. The lowest BCUT2D eigenvalue weighted by molar-refractivity contribution is 0.134. The number of amides is 1. The van der Waals surface area contributed by atoms with Crippen molar-refractivity contribution in [2.24, 2.45) is 0 Å². The molecule has 1 N–H and O–H groups in total. The first-order valence-corrected chi connectivity index (χ1v) is 5.54. The van der Waals surface area contributed by atoms with Crippen LogP contribution in [0.25, 0.3) is 0 Å². The van der Waals surface area contributed by atoms with E-state index in [9.17, 15) is 4.79 Å². The summed E-state index contributed by atoms with van der Waals surface area (Å²) in [5.41, 5.74) is 0. The third-order valence-corrected chi connectivity index (χ3v) is 2.17. The van der Waals surface area contributed by atoms with Crippen LogP contribution in [0, 0.1) is 0 Å². The van der Waals surface area contributed by atoms with Crippen LogP contribution in [0.3, 0.4) is 0 Å². The Balaban J connectivity index is 3.26. The van der Waals surface area contributed by atoms with Crippen molar-refractivity contribution < 1.29 is 9.53 Å². The monoisotopic (exact) mass is 220 g/mol. The number of carbonyl (C=O) groups is 1. The van der Waals surface area contributed by atoms with Crippen LogP contribution in [0.4, 0.5) is 4.79 Å².